The molecule has 0 saturated heterocycles. The lowest BCUT2D eigenvalue weighted by atomic mass is 10.1. The molecule has 1 aromatic rings. The van der Waals surface area contributed by atoms with Gasteiger partial charge in [0.1, 0.15) is 5.76 Å². The standard InChI is InChI=1S/C12H15Br2NO/c13-10-5-9(16-12(10)14)6-15-11(7-1-2-7)8-3-4-8/h5,7-8,11,15H,1-4,6H2. The lowest BCUT2D eigenvalue weighted by Crippen LogP contribution is -2.32. The predicted octanol–water partition coefficient (Wildman–Crippen LogP) is 4.08. The molecular weight excluding hydrogens is 334 g/mol. The van der Waals surface area contributed by atoms with E-state index in [1.807, 2.05) is 6.07 Å². The van der Waals surface area contributed by atoms with Crippen LogP contribution in [0.25, 0.3) is 0 Å². The van der Waals surface area contributed by atoms with E-state index in [4.69, 9.17) is 4.42 Å². The van der Waals surface area contributed by atoms with Gasteiger partial charge in [0.25, 0.3) is 0 Å². The summed E-state index contributed by atoms with van der Waals surface area (Å²) < 4.78 is 7.36. The summed E-state index contributed by atoms with van der Waals surface area (Å²) in [5.74, 6) is 2.88. The minimum absolute atomic E-state index is 0.739. The maximum Gasteiger partial charge on any atom is 0.183 e. The molecule has 16 heavy (non-hydrogen) atoms. The zero-order chi connectivity index (χ0) is 11.1. The van der Waals surface area contributed by atoms with Crippen LogP contribution in [0, 0.1) is 11.8 Å². The van der Waals surface area contributed by atoms with Gasteiger partial charge in [0.05, 0.1) is 11.0 Å². The largest absolute Gasteiger partial charge is 0.452 e. The molecule has 0 atom stereocenters. The number of rotatable bonds is 5. The highest BCUT2D eigenvalue weighted by molar-refractivity contribution is 9.13. The van der Waals surface area contributed by atoms with E-state index in [2.05, 4.69) is 37.2 Å². The molecular formula is C12H15Br2NO. The molecule has 1 aromatic heterocycles. The van der Waals surface area contributed by atoms with Crippen molar-refractivity contribution in [1.82, 2.24) is 5.32 Å². The van der Waals surface area contributed by atoms with E-state index in [1.165, 1.54) is 25.7 Å². The molecule has 0 amide bonds. The van der Waals surface area contributed by atoms with Gasteiger partial charge in [-0.1, -0.05) is 0 Å². The zero-order valence-electron chi connectivity index (χ0n) is 9.01. The van der Waals surface area contributed by atoms with Crippen LogP contribution in [0.2, 0.25) is 0 Å². The molecule has 2 saturated carbocycles. The Labute approximate surface area is 112 Å². The van der Waals surface area contributed by atoms with Crippen LogP contribution in [0.3, 0.4) is 0 Å². The fraction of sp³-hybridized carbons (Fsp3) is 0.667. The number of halogens is 2. The average Bonchev–Trinajstić information content (AvgIpc) is 3.12. The fourth-order valence-electron chi connectivity index (χ4n) is 2.33. The van der Waals surface area contributed by atoms with Gasteiger partial charge in [0, 0.05) is 6.04 Å². The molecule has 0 spiro atoms. The molecule has 2 fully saturated rings. The second kappa shape index (κ2) is 4.46. The van der Waals surface area contributed by atoms with Crippen LogP contribution in [-0.2, 0) is 6.54 Å². The average molecular weight is 349 g/mol. The Kier molecular flexibility index (Phi) is 3.15. The number of hydrogen-bond acceptors (Lipinski definition) is 2. The van der Waals surface area contributed by atoms with Gasteiger partial charge in [-0.15, -0.1) is 0 Å². The highest BCUT2D eigenvalue weighted by atomic mass is 79.9. The van der Waals surface area contributed by atoms with E-state index in [1.54, 1.807) is 0 Å². The van der Waals surface area contributed by atoms with Crippen LogP contribution in [0.4, 0.5) is 0 Å². The first kappa shape index (κ1) is 11.3. The van der Waals surface area contributed by atoms with E-state index >= 15 is 0 Å². The van der Waals surface area contributed by atoms with Crippen LogP contribution in [0.5, 0.6) is 0 Å². The van der Waals surface area contributed by atoms with E-state index < -0.39 is 0 Å². The van der Waals surface area contributed by atoms with Gasteiger partial charge in [-0.3, -0.25) is 0 Å². The minimum Gasteiger partial charge on any atom is -0.452 e. The summed E-state index contributed by atoms with van der Waals surface area (Å²) in [6, 6.07) is 2.77. The molecule has 1 heterocycles. The monoisotopic (exact) mass is 347 g/mol. The van der Waals surface area contributed by atoms with Crippen molar-refractivity contribution in [2.24, 2.45) is 11.8 Å². The fourth-order valence-corrected chi connectivity index (χ4v) is 2.98. The third-order valence-corrected chi connectivity index (χ3v) is 5.18. The minimum atomic E-state index is 0.739. The van der Waals surface area contributed by atoms with Gasteiger partial charge in [-0.25, -0.2) is 0 Å². The summed E-state index contributed by atoms with van der Waals surface area (Å²) in [5, 5.41) is 3.67. The highest BCUT2D eigenvalue weighted by Gasteiger charge is 2.41. The van der Waals surface area contributed by atoms with Gasteiger partial charge in [0.2, 0.25) is 0 Å². The van der Waals surface area contributed by atoms with Crippen molar-refractivity contribution in [3.8, 4) is 0 Å². The Morgan fingerprint density at radius 3 is 2.31 bits per heavy atom. The summed E-state index contributed by atoms with van der Waals surface area (Å²) in [4.78, 5) is 0. The number of hydrogen-bond donors (Lipinski definition) is 1. The maximum absolute atomic E-state index is 5.57. The van der Waals surface area contributed by atoms with Crippen molar-refractivity contribution in [3.63, 3.8) is 0 Å². The Morgan fingerprint density at radius 1 is 1.25 bits per heavy atom. The molecule has 2 aliphatic carbocycles. The SMILES string of the molecule is Brc1cc(CNC(C2CC2)C2CC2)oc1Br. The lowest BCUT2D eigenvalue weighted by Gasteiger charge is -2.16. The van der Waals surface area contributed by atoms with Gasteiger partial charge in [0.15, 0.2) is 4.67 Å². The molecule has 2 nitrogen and oxygen atoms in total. The summed E-state index contributed by atoms with van der Waals surface area (Å²) >= 11 is 6.80. The Morgan fingerprint density at radius 2 is 1.88 bits per heavy atom. The summed E-state index contributed by atoms with van der Waals surface area (Å²) in [6.07, 6.45) is 5.67. The van der Waals surface area contributed by atoms with E-state index in [0.29, 0.717) is 0 Å². The summed E-state index contributed by atoms with van der Waals surface area (Å²) in [7, 11) is 0. The Bertz CT molecular complexity index is 351. The first-order chi connectivity index (χ1) is 7.74. The molecule has 4 heteroatoms. The van der Waals surface area contributed by atoms with Crippen LogP contribution < -0.4 is 5.32 Å². The number of furan rings is 1. The Hall–Kier alpha value is 0.200. The van der Waals surface area contributed by atoms with Gasteiger partial charge in [-0.05, 0) is 75.4 Å². The van der Waals surface area contributed by atoms with E-state index in [-0.39, 0.29) is 0 Å². The van der Waals surface area contributed by atoms with Crippen molar-refractivity contribution in [3.05, 3.63) is 21.0 Å². The zero-order valence-corrected chi connectivity index (χ0v) is 12.2. The van der Waals surface area contributed by atoms with Crippen molar-refractivity contribution >= 4 is 31.9 Å². The Balaban J connectivity index is 1.57. The molecule has 0 unspecified atom stereocenters. The topological polar surface area (TPSA) is 25.2 Å². The van der Waals surface area contributed by atoms with Crippen LogP contribution in [-0.4, -0.2) is 6.04 Å². The highest BCUT2D eigenvalue weighted by Crippen LogP contribution is 2.44. The smallest absolute Gasteiger partial charge is 0.183 e. The molecule has 0 aromatic carbocycles. The van der Waals surface area contributed by atoms with Gasteiger partial charge in [-0.2, -0.15) is 0 Å². The first-order valence-corrected chi connectivity index (χ1v) is 7.50. The normalized spacial score (nSPS) is 20.7. The maximum atomic E-state index is 5.57. The van der Waals surface area contributed by atoms with Crippen LogP contribution in [0.1, 0.15) is 31.4 Å². The van der Waals surface area contributed by atoms with Gasteiger partial charge < -0.3 is 9.73 Å². The third-order valence-electron chi connectivity index (χ3n) is 3.47. The van der Waals surface area contributed by atoms with Crippen molar-refractivity contribution < 1.29 is 4.42 Å². The van der Waals surface area contributed by atoms with E-state index in [0.717, 1.165) is 39.3 Å². The quantitative estimate of drug-likeness (QED) is 0.867. The molecule has 88 valence electrons. The molecule has 0 aliphatic heterocycles. The second-order valence-corrected chi connectivity index (χ2v) is 6.49. The molecule has 2 aliphatic rings. The molecule has 0 radical (unpaired) electrons. The van der Waals surface area contributed by atoms with Crippen LogP contribution in [0.15, 0.2) is 19.6 Å². The van der Waals surface area contributed by atoms with Crippen molar-refractivity contribution in [2.45, 2.75) is 38.3 Å². The van der Waals surface area contributed by atoms with Crippen molar-refractivity contribution in [2.75, 3.05) is 0 Å². The lowest BCUT2D eigenvalue weighted by molar-refractivity contribution is 0.382. The third kappa shape index (κ3) is 2.54. The van der Waals surface area contributed by atoms with Crippen LogP contribution >= 0.6 is 31.9 Å². The number of nitrogens with one attached hydrogen (secondary N) is 1. The first-order valence-electron chi connectivity index (χ1n) is 5.91. The summed E-state index contributed by atoms with van der Waals surface area (Å²) in [6.45, 7) is 0.849. The van der Waals surface area contributed by atoms with Crippen molar-refractivity contribution in [1.29, 1.82) is 0 Å². The van der Waals surface area contributed by atoms with Gasteiger partial charge >= 0.3 is 0 Å². The van der Waals surface area contributed by atoms with E-state index in [9.17, 15) is 0 Å². The summed E-state index contributed by atoms with van der Waals surface area (Å²) in [5.41, 5.74) is 0. The second-order valence-electron chi connectivity index (χ2n) is 4.92. The predicted molar refractivity (Wildman–Crippen MR) is 70.2 cm³/mol. The molecule has 3 rings (SSSR count). The molecule has 0 bridgehead atoms. The molecule has 1 N–H and O–H groups in total.